The fourth-order valence-corrected chi connectivity index (χ4v) is 1.75. The van der Waals surface area contributed by atoms with Crippen molar-refractivity contribution in [2.45, 2.75) is 13.8 Å². The lowest BCUT2D eigenvalue weighted by atomic mass is 10.1. The van der Waals surface area contributed by atoms with Gasteiger partial charge in [0.25, 0.3) is 0 Å². The fraction of sp³-hybridized carbons (Fsp3) is 0.250. The minimum atomic E-state index is -1.22. The molecule has 0 aliphatic rings. The lowest BCUT2D eigenvalue weighted by Crippen LogP contribution is -2.23. The lowest BCUT2D eigenvalue weighted by molar-refractivity contribution is 0.0678. The number of carboxylic acids is 1. The Morgan fingerprint density at radius 3 is 2.56 bits per heavy atom. The highest BCUT2D eigenvalue weighted by molar-refractivity contribution is 5.83. The van der Waals surface area contributed by atoms with E-state index in [-0.39, 0.29) is 5.82 Å². The maximum Gasteiger partial charge on any atom is 0.374 e. The molecule has 1 N–H and O–H groups in total. The van der Waals surface area contributed by atoms with Crippen molar-refractivity contribution in [1.82, 2.24) is 14.3 Å². The summed E-state index contributed by atoms with van der Waals surface area (Å²) in [5, 5.41) is 12.8. The quantitative estimate of drug-likeness (QED) is 0.854. The van der Waals surface area contributed by atoms with Gasteiger partial charge in [0, 0.05) is 7.05 Å². The number of hydrogen-bond donors (Lipinski definition) is 1. The molecule has 0 saturated heterocycles. The number of carbonyl (C=O) groups is 1. The molecule has 2 rings (SSSR count). The summed E-state index contributed by atoms with van der Waals surface area (Å²) in [6, 6.07) is 5.46. The van der Waals surface area contributed by atoms with E-state index in [2.05, 4.69) is 5.10 Å². The fourth-order valence-electron chi connectivity index (χ4n) is 1.75. The summed E-state index contributed by atoms with van der Waals surface area (Å²) in [4.78, 5) is 22.9. The van der Waals surface area contributed by atoms with Crippen LogP contribution in [0.5, 0.6) is 0 Å². The van der Waals surface area contributed by atoms with Gasteiger partial charge in [0.05, 0.1) is 5.69 Å². The van der Waals surface area contributed by atoms with Crippen LogP contribution in [0.4, 0.5) is 0 Å². The Balaban J connectivity index is 2.73. The van der Waals surface area contributed by atoms with Gasteiger partial charge >= 0.3 is 11.7 Å². The lowest BCUT2D eigenvalue weighted by Gasteiger charge is -2.06. The Kier molecular flexibility index (Phi) is 2.78. The summed E-state index contributed by atoms with van der Waals surface area (Å²) in [6.45, 7) is 3.79. The zero-order valence-corrected chi connectivity index (χ0v) is 10.3. The molecule has 0 spiro atoms. The molecule has 2 aromatic rings. The van der Waals surface area contributed by atoms with Gasteiger partial charge in [0.15, 0.2) is 0 Å². The molecule has 0 aliphatic heterocycles. The van der Waals surface area contributed by atoms with Crippen LogP contribution in [-0.2, 0) is 7.05 Å². The first-order valence-electron chi connectivity index (χ1n) is 5.39. The molecule has 0 saturated carbocycles. The predicted octanol–water partition coefficient (Wildman–Crippen LogP) is 0.886. The largest absolute Gasteiger partial charge is 0.475 e. The highest BCUT2D eigenvalue weighted by Crippen LogP contribution is 2.15. The van der Waals surface area contributed by atoms with Crippen LogP contribution in [0.3, 0.4) is 0 Å². The molecule has 0 atom stereocenters. The van der Waals surface area contributed by atoms with Crippen LogP contribution in [-0.4, -0.2) is 25.4 Å². The van der Waals surface area contributed by atoms with Crippen LogP contribution >= 0.6 is 0 Å². The van der Waals surface area contributed by atoms with Gasteiger partial charge in [-0.15, -0.1) is 5.10 Å². The molecule has 0 fully saturated rings. The summed E-state index contributed by atoms with van der Waals surface area (Å²) in [5.41, 5.74) is 2.04. The van der Waals surface area contributed by atoms with Crippen molar-refractivity contribution >= 4 is 5.97 Å². The van der Waals surface area contributed by atoms with Crippen molar-refractivity contribution in [3.05, 3.63) is 45.6 Å². The molecule has 1 heterocycles. The SMILES string of the molecule is Cc1cccc(-n2nc(C(=O)O)n(C)c2=O)c1C. The molecule has 1 aromatic heterocycles. The van der Waals surface area contributed by atoms with Gasteiger partial charge < -0.3 is 5.11 Å². The molecule has 18 heavy (non-hydrogen) atoms. The second-order valence-corrected chi connectivity index (χ2v) is 4.10. The molecule has 1 aromatic carbocycles. The van der Waals surface area contributed by atoms with Crippen LogP contribution in [0.25, 0.3) is 5.69 Å². The standard InChI is InChI=1S/C12H13N3O3/c1-7-5-4-6-9(8(7)2)15-12(18)14(3)10(13-15)11(16)17/h4-6H,1-3H3,(H,16,17). The maximum absolute atomic E-state index is 12.0. The average Bonchev–Trinajstić information content (AvgIpc) is 2.61. The predicted molar refractivity (Wildman–Crippen MR) is 65.2 cm³/mol. The van der Waals surface area contributed by atoms with Crippen LogP contribution < -0.4 is 5.69 Å². The first-order valence-corrected chi connectivity index (χ1v) is 5.39. The number of benzene rings is 1. The highest BCUT2D eigenvalue weighted by Gasteiger charge is 2.18. The molecule has 0 unspecified atom stereocenters. The van der Waals surface area contributed by atoms with Crippen LogP contribution in [0.15, 0.2) is 23.0 Å². The molecular weight excluding hydrogens is 234 g/mol. The summed E-state index contributed by atoms with van der Waals surface area (Å²) in [6.07, 6.45) is 0. The third kappa shape index (κ3) is 1.71. The van der Waals surface area contributed by atoms with E-state index in [0.717, 1.165) is 20.4 Å². The molecule has 6 heteroatoms. The second-order valence-electron chi connectivity index (χ2n) is 4.10. The summed E-state index contributed by atoms with van der Waals surface area (Å²) < 4.78 is 2.13. The molecule has 0 aliphatic carbocycles. The van der Waals surface area contributed by atoms with E-state index in [1.165, 1.54) is 7.05 Å². The van der Waals surface area contributed by atoms with Crippen molar-refractivity contribution in [3.63, 3.8) is 0 Å². The normalized spacial score (nSPS) is 10.6. The molecule has 0 amide bonds. The van der Waals surface area contributed by atoms with Crippen molar-refractivity contribution in [3.8, 4) is 5.69 Å². The average molecular weight is 247 g/mol. The zero-order chi connectivity index (χ0) is 13.4. The molecule has 6 nitrogen and oxygen atoms in total. The van der Waals surface area contributed by atoms with Gasteiger partial charge in [-0.05, 0) is 31.0 Å². The van der Waals surface area contributed by atoms with Crippen LogP contribution in [0.1, 0.15) is 21.7 Å². The minimum absolute atomic E-state index is 0.277. The number of carboxylic acid groups (broad SMARTS) is 1. The van der Waals surface area contributed by atoms with E-state index in [1.807, 2.05) is 19.9 Å². The maximum atomic E-state index is 12.0. The third-order valence-corrected chi connectivity index (χ3v) is 2.98. The smallest absolute Gasteiger partial charge is 0.374 e. The van der Waals surface area contributed by atoms with Gasteiger partial charge in [-0.3, -0.25) is 4.57 Å². The van der Waals surface area contributed by atoms with Gasteiger partial charge in [-0.1, -0.05) is 12.1 Å². The molecule has 0 radical (unpaired) electrons. The van der Waals surface area contributed by atoms with Gasteiger partial charge in [-0.2, -0.15) is 4.68 Å². The van der Waals surface area contributed by atoms with E-state index in [9.17, 15) is 9.59 Å². The Morgan fingerprint density at radius 2 is 2.00 bits per heavy atom. The monoisotopic (exact) mass is 247 g/mol. The van der Waals surface area contributed by atoms with Crippen molar-refractivity contribution in [2.24, 2.45) is 7.05 Å². The molecule has 0 bridgehead atoms. The summed E-state index contributed by atoms with van der Waals surface area (Å²) in [7, 11) is 1.39. The third-order valence-electron chi connectivity index (χ3n) is 2.98. The Labute approximate surface area is 103 Å². The van der Waals surface area contributed by atoms with E-state index in [4.69, 9.17) is 5.11 Å². The zero-order valence-electron chi connectivity index (χ0n) is 10.3. The first-order chi connectivity index (χ1) is 8.43. The summed E-state index contributed by atoms with van der Waals surface area (Å²) in [5.74, 6) is -1.50. The Bertz CT molecular complexity index is 682. The van der Waals surface area contributed by atoms with Crippen LogP contribution in [0, 0.1) is 13.8 Å². The van der Waals surface area contributed by atoms with Gasteiger partial charge in [0.1, 0.15) is 0 Å². The second kappa shape index (κ2) is 4.14. The Hall–Kier alpha value is -2.37. The van der Waals surface area contributed by atoms with Crippen molar-refractivity contribution in [1.29, 1.82) is 0 Å². The topological polar surface area (TPSA) is 77.1 Å². The highest BCUT2D eigenvalue weighted by atomic mass is 16.4. The van der Waals surface area contributed by atoms with E-state index < -0.39 is 11.7 Å². The number of aromatic nitrogens is 3. The Morgan fingerprint density at radius 1 is 1.33 bits per heavy atom. The van der Waals surface area contributed by atoms with Gasteiger partial charge in [-0.25, -0.2) is 9.59 Å². The number of nitrogens with zero attached hydrogens (tertiary/aromatic N) is 3. The molecular formula is C12H13N3O3. The number of hydrogen-bond acceptors (Lipinski definition) is 3. The number of aryl methyl sites for hydroxylation is 1. The van der Waals surface area contributed by atoms with E-state index >= 15 is 0 Å². The molecule has 94 valence electrons. The van der Waals surface area contributed by atoms with Crippen LogP contribution in [0.2, 0.25) is 0 Å². The number of rotatable bonds is 2. The van der Waals surface area contributed by atoms with Crippen molar-refractivity contribution < 1.29 is 9.90 Å². The van der Waals surface area contributed by atoms with E-state index in [1.54, 1.807) is 12.1 Å². The minimum Gasteiger partial charge on any atom is -0.475 e. The number of aromatic carboxylic acids is 1. The van der Waals surface area contributed by atoms with Gasteiger partial charge in [0.2, 0.25) is 5.82 Å². The van der Waals surface area contributed by atoms with Crippen molar-refractivity contribution in [2.75, 3.05) is 0 Å². The summed E-state index contributed by atoms with van der Waals surface area (Å²) >= 11 is 0. The first kappa shape index (κ1) is 12.1. The van der Waals surface area contributed by atoms with E-state index in [0.29, 0.717) is 5.69 Å².